The first-order chi connectivity index (χ1) is 9.13. The maximum atomic E-state index is 13.1. The fraction of sp³-hybridized carbons (Fsp3) is 0.500. The number of halogens is 2. The van der Waals surface area contributed by atoms with Crippen LogP contribution in [0.25, 0.3) is 0 Å². The minimum atomic E-state index is -0.850. The van der Waals surface area contributed by atoms with Gasteiger partial charge in [0.05, 0.1) is 0 Å². The normalized spacial score (nSPS) is 21.2. The van der Waals surface area contributed by atoms with Gasteiger partial charge in [-0.2, -0.15) is 0 Å². The third kappa shape index (κ3) is 3.50. The molecule has 1 fully saturated rings. The second-order valence-electron chi connectivity index (χ2n) is 4.87. The number of hydrogen-bond donors (Lipinski definition) is 2. The summed E-state index contributed by atoms with van der Waals surface area (Å²) in [6.45, 7) is 1.50. The molecular formula is C14H18F2N2O. The molecule has 104 valence electrons. The van der Waals surface area contributed by atoms with Crippen molar-refractivity contribution in [2.75, 3.05) is 20.1 Å². The van der Waals surface area contributed by atoms with Gasteiger partial charge in [-0.1, -0.05) is 6.07 Å². The van der Waals surface area contributed by atoms with Crippen LogP contribution in [0.5, 0.6) is 0 Å². The van der Waals surface area contributed by atoms with Crippen molar-refractivity contribution in [1.29, 1.82) is 0 Å². The number of benzene rings is 1. The van der Waals surface area contributed by atoms with Crippen LogP contribution < -0.4 is 10.6 Å². The highest BCUT2D eigenvalue weighted by molar-refractivity contribution is 5.82. The van der Waals surface area contributed by atoms with Gasteiger partial charge in [-0.25, -0.2) is 8.78 Å². The van der Waals surface area contributed by atoms with E-state index < -0.39 is 11.6 Å². The standard InChI is InChI=1S/C14H18F2N2O/c1-17-5-2-6-18-14(19)11-8-10(11)9-3-4-12(15)13(16)7-9/h3-4,7,10-11,17H,2,5-6,8H2,1H3,(H,18,19). The van der Waals surface area contributed by atoms with Gasteiger partial charge in [0.1, 0.15) is 0 Å². The number of amides is 1. The number of rotatable bonds is 6. The summed E-state index contributed by atoms with van der Waals surface area (Å²) in [7, 11) is 1.86. The third-order valence-corrected chi connectivity index (χ3v) is 3.40. The molecular weight excluding hydrogens is 250 g/mol. The van der Waals surface area contributed by atoms with Crippen molar-refractivity contribution in [2.24, 2.45) is 5.92 Å². The Hall–Kier alpha value is -1.49. The first-order valence-electron chi connectivity index (χ1n) is 6.50. The van der Waals surface area contributed by atoms with Crippen LogP contribution in [-0.2, 0) is 4.79 Å². The Kier molecular flexibility index (Phi) is 4.47. The van der Waals surface area contributed by atoms with Crippen LogP contribution >= 0.6 is 0 Å². The molecule has 1 aliphatic carbocycles. The summed E-state index contributed by atoms with van der Waals surface area (Å²) in [6.07, 6.45) is 1.59. The Balaban J connectivity index is 1.83. The summed E-state index contributed by atoms with van der Waals surface area (Å²) in [5.41, 5.74) is 0.703. The van der Waals surface area contributed by atoms with Crippen LogP contribution in [0.4, 0.5) is 8.78 Å². The molecule has 3 nitrogen and oxygen atoms in total. The maximum Gasteiger partial charge on any atom is 0.223 e. The largest absolute Gasteiger partial charge is 0.356 e. The van der Waals surface area contributed by atoms with Crippen molar-refractivity contribution in [3.05, 3.63) is 35.4 Å². The molecule has 1 aliphatic rings. The lowest BCUT2D eigenvalue weighted by Gasteiger charge is -2.05. The molecule has 5 heteroatoms. The molecule has 1 aromatic carbocycles. The lowest BCUT2D eigenvalue weighted by Crippen LogP contribution is -2.28. The summed E-state index contributed by atoms with van der Waals surface area (Å²) in [5, 5.41) is 5.86. The second kappa shape index (κ2) is 6.10. The van der Waals surface area contributed by atoms with Crippen molar-refractivity contribution < 1.29 is 13.6 Å². The Morgan fingerprint density at radius 2 is 2.11 bits per heavy atom. The average Bonchev–Trinajstić information content (AvgIpc) is 3.18. The van der Waals surface area contributed by atoms with Gasteiger partial charge in [-0.05, 0) is 50.0 Å². The molecule has 0 aliphatic heterocycles. The SMILES string of the molecule is CNCCCNC(=O)C1CC1c1ccc(F)c(F)c1. The smallest absolute Gasteiger partial charge is 0.223 e. The zero-order chi connectivity index (χ0) is 13.8. The van der Waals surface area contributed by atoms with Crippen LogP contribution in [-0.4, -0.2) is 26.0 Å². The van der Waals surface area contributed by atoms with Crippen LogP contribution in [0.2, 0.25) is 0 Å². The van der Waals surface area contributed by atoms with Crippen LogP contribution in [0.1, 0.15) is 24.3 Å². The molecule has 0 spiro atoms. The van der Waals surface area contributed by atoms with Gasteiger partial charge in [0.15, 0.2) is 11.6 Å². The predicted octanol–water partition coefficient (Wildman–Crippen LogP) is 1.79. The number of carbonyl (C=O) groups excluding carboxylic acids is 1. The highest BCUT2D eigenvalue weighted by atomic mass is 19.2. The van der Waals surface area contributed by atoms with Gasteiger partial charge in [0, 0.05) is 12.5 Å². The monoisotopic (exact) mass is 268 g/mol. The van der Waals surface area contributed by atoms with E-state index in [0.29, 0.717) is 18.5 Å². The topological polar surface area (TPSA) is 41.1 Å². The molecule has 0 saturated heterocycles. The van der Waals surface area contributed by atoms with Gasteiger partial charge >= 0.3 is 0 Å². The molecule has 1 saturated carbocycles. The third-order valence-electron chi connectivity index (χ3n) is 3.40. The summed E-state index contributed by atoms with van der Waals surface area (Å²) in [4.78, 5) is 11.8. The van der Waals surface area contributed by atoms with Crippen molar-refractivity contribution in [3.63, 3.8) is 0 Å². The molecule has 2 unspecified atom stereocenters. The van der Waals surface area contributed by atoms with Crippen molar-refractivity contribution >= 4 is 5.91 Å². The van der Waals surface area contributed by atoms with Crippen LogP contribution in [0.3, 0.4) is 0 Å². The number of carbonyl (C=O) groups is 1. The molecule has 2 rings (SSSR count). The lowest BCUT2D eigenvalue weighted by atomic mass is 10.1. The molecule has 0 heterocycles. The van der Waals surface area contributed by atoms with Crippen molar-refractivity contribution in [3.8, 4) is 0 Å². The van der Waals surface area contributed by atoms with Gasteiger partial charge in [-0.15, -0.1) is 0 Å². The first kappa shape index (κ1) is 13.9. The van der Waals surface area contributed by atoms with E-state index in [4.69, 9.17) is 0 Å². The van der Waals surface area contributed by atoms with E-state index in [9.17, 15) is 13.6 Å². The van der Waals surface area contributed by atoms with E-state index in [1.165, 1.54) is 6.07 Å². The molecule has 2 atom stereocenters. The highest BCUT2D eigenvalue weighted by Crippen LogP contribution is 2.47. The Morgan fingerprint density at radius 3 is 2.79 bits per heavy atom. The fourth-order valence-corrected chi connectivity index (χ4v) is 2.20. The van der Waals surface area contributed by atoms with E-state index in [0.717, 1.165) is 19.0 Å². The molecule has 1 amide bonds. The highest BCUT2D eigenvalue weighted by Gasteiger charge is 2.43. The van der Waals surface area contributed by atoms with E-state index in [-0.39, 0.29) is 17.7 Å². The lowest BCUT2D eigenvalue weighted by molar-refractivity contribution is -0.122. The molecule has 0 radical (unpaired) electrons. The second-order valence-corrected chi connectivity index (χ2v) is 4.87. The van der Waals surface area contributed by atoms with Gasteiger partial charge in [0.25, 0.3) is 0 Å². The maximum absolute atomic E-state index is 13.1. The average molecular weight is 268 g/mol. The molecule has 2 N–H and O–H groups in total. The fourth-order valence-electron chi connectivity index (χ4n) is 2.20. The van der Waals surface area contributed by atoms with E-state index in [1.54, 1.807) is 6.07 Å². The summed E-state index contributed by atoms with van der Waals surface area (Å²) < 4.78 is 25.9. The Bertz CT molecular complexity index is 465. The van der Waals surface area contributed by atoms with Crippen LogP contribution in [0, 0.1) is 17.6 Å². The van der Waals surface area contributed by atoms with E-state index in [2.05, 4.69) is 10.6 Å². The van der Waals surface area contributed by atoms with Crippen LogP contribution in [0.15, 0.2) is 18.2 Å². The summed E-state index contributed by atoms with van der Waals surface area (Å²) in [6, 6.07) is 3.86. The minimum Gasteiger partial charge on any atom is -0.356 e. The zero-order valence-corrected chi connectivity index (χ0v) is 10.9. The summed E-state index contributed by atoms with van der Waals surface area (Å²) in [5.74, 6) is -1.76. The molecule has 19 heavy (non-hydrogen) atoms. The van der Waals surface area contributed by atoms with Crippen molar-refractivity contribution in [1.82, 2.24) is 10.6 Å². The van der Waals surface area contributed by atoms with Gasteiger partial charge < -0.3 is 10.6 Å². The minimum absolute atomic E-state index is 0.00540. The number of hydrogen-bond acceptors (Lipinski definition) is 2. The Morgan fingerprint density at radius 1 is 1.32 bits per heavy atom. The molecule has 1 aromatic rings. The van der Waals surface area contributed by atoms with E-state index in [1.807, 2.05) is 7.05 Å². The van der Waals surface area contributed by atoms with Crippen molar-refractivity contribution in [2.45, 2.75) is 18.8 Å². The number of nitrogens with one attached hydrogen (secondary N) is 2. The zero-order valence-electron chi connectivity index (χ0n) is 10.9. The van der Waals surface area contributed by atoms with Gasteiger partial charge in [-0.3, -0.25) is 4.79 Å². The van der Waals surface area contributed by atoms with E-state index >= 15 is 0 Å². The summed E-state index contributed by atoms with van der Waals surface area (Å²) >= 11 is 0. The van der Waals surface area contributed by atoms with Gasteiger partial charge in [0.2, 0.25) is 5.91 Å². The predicted molar refractivity (Wildman–Crippen MR) is 68.8 cm³/mol. The first-order valence-corrected chi connectivity index (χ1v) is 6.50. The quantitative estimate of drug-likeness (QED) is 0.772. The molecule has 0 aromatic heterocycles. The molecule has 0 bridgehead atoms. The Labute approximate surface area is 111 Å².